The lowest BCUT2D eigenvalue weighted by molar-refractivity contribution is -0.120. The molecule has 1 fully saturated rings. The Morgan fingerprint density at radius 1 is 1.03 bits per heavy atom. The highest BCUT2D eigenvalue weighted by atomic mass is 16.2. The molecule has 1 aliphatic heterocycles. The van der Waals surface area contributed by atoms with Crippen molar-refractivity contribution < 1.29 is 4.79 Å². The largest absolute Gasteiger partial charge is 0.361 e. The molecule has 1 aliphatic rings. The van der Waals surface area contributed by atoms with E-state index in [0.717, 1.165) is 43.5 Å². The van der Waals surface area contributed by atoms with Gasteiger partial charge in [0.15, 0.2) is 0 Å². The molecular formula is C22H26N6O2. The number of carbonyl (C=O) groups is 1. The minimum absolute atomic E-state index is 0.0195. The number of amides is 1. The number of carbonyl (C=O) groups excluding carboxylic acids is 1. The van der Waals surface area contributed by atoms with E-state index in [1.54, 1.807) is 10.8 Å². The first kappa shape index (κ1) is 20.0. The van der Waals surface area contributed by atoms with Crippen molar-refractivity contribution in [2.75, 3.05) is 31.5 Å². The smallest absolute Gasteiger partial charge is 0.269 e. The number of benzene rings is 1. The van der Waals surface area contributed by atoms with E-state index in [0.29, 0.717) is 12.4 Å². The van der Waals surface area contributed by atoms with Gasteiger partial charge in [0.25, 0.3) is 5.56 Å². The van der Waals surface area contributed by atoms with E-state index in [1.165, 1.54) is 6.20 Å². The summed E-state index contributed by atoms with van der Waals surface area (Å²) >= 11 is 0. The predicted molar refractivity (Wildman–Crippen MR) is 116 cm³/mol. The minimum atomic E-state index is -0.0729. The number of hydrogen-bond acceptors (Lipinski definition) is 6. The zero-order valence-electron chi connectivity index (χ0n) is 16.8. The van der Waals surface area contributed by atoms with E-state index in [-0.39, 0.29) is 24.1 Å². The van der Waals surface area contributed by atoms with Crippen molar-refractivity contribution in [2.45, 2.75) is 25.4 Å². The summed E-state index contributed by atoms with van der Waals surface area (Å²) in [6.45, 7) is 3.45. The van der Waals surface area contributed by atoms with Crippen LogP contribution < -0.4 is 16.2 Å². The van der Waals surface area contributed by atoms with Crippen LogP contribution in [0.2, 0.25) is 0 Å². The zero-order valence-corrected chi connectivity index (χ0v) is 16.8. The van der Waals surface area contributed by atoms with Gasteiger partial charge >= 0.3 is 0 Å². The molecule has 30 heavy (non-hydrogen) atoms. The summed E-state index contributed by atoms with van der Waals surface area (Å²) in [7, 11) is 0. The molecule has 2 N–H and O–H groups in total. The molecule has 0 atom stereocenters. The molecule has 1 saturated heterocycles. The maximum absolute atomic E-state index is 12.3. The average Bonchev–Trinajstić information content (AvgIpc) is 2.79. The molecule has 0 aliphatic carbocycles. The van der Waals surface area contributed by atoms with Gasteiger partial charge in [0.05, 0.1) is 23.8 Å². The van der Waals surface area contributed by atoms with E-state index in [2.05, 4.69) is 25.5 Å². The number of pyridine rings is 1. The molecule has 4 rings (SSSR count). The van der Waals surface area contributed by atoms with Crippen LogP contribution in [-0.2, 0) is 11.3 Å². The van der Waals surface area contributed by atoms with Gasteiger partial charge < -0.3 is 20.1 Å². The topological polar surface area (TPSA) is 92.2 Å². The average molecular weight is 406 g/mol. The third kappa shape index (κ3) is 5.01. The highest BCUT2D eigenvalue weighted by Gasteiger charge is 2.20. The number of piperidine rings is 1. The number of nitrogens with one attached hydrogen (secondary N) is 2. The molecule has 0 radical (unpaired) electrons. The van der Waals surface area contributed by atoms with Gasteiger partial charge in [-0.15, -0.1) is 0 Å². The van der Waals surface area contributed by atoms with E-state index in [1.807, 2.05) is 42.5 Å². The maximum Gasteiger partial charge on any atom is 0.269 e. The minimum Gasteiger partial charge on any atom is -0.361 e. The van der Waals surface area contributed by atoms with Crippen LogP contribution in [0.25, 0.3) is 11.0 Å². The summed E-state index contributed by atoms with van der Waals surface area (Å²) in [5.41, 5.74) is 1.63. The van der Waals surface area contributed by atoms with Crippen molar-refractivity contribution in [3.63, 3.8) is 0 Å². The van der Waals surface area contributed by atoms with E-state index < -0.39 is 0 Å². The number of aromatic nitrogens is 3. The van der Waals surface area contributed by atoms with Gasteiger partial charge in [-0.25, -0.2) is 9.97 Å². The molecule has 156 valence electrons. The Hall–Kier alpha value is -3.26. The Balaban J connectivity index is 1.23. The van der Waals surface area contributed by atoms with Gasteiger partial charge in [0.2, 0.25) is 5.91 Å². The Morgan fingerprint density at radius 3 is 2.63 bits per heavy atom. The molecule has 1 aromatic carbocycles. The zero-order chi connectivity index (χ0) is 20.8. The number of hydrogen-bond donors (Lipinski definition) is 2. The first-order chi connectivity index (χ1) is 14.7. The monoisotopic (exact) mass is 406 g/mol. The molecule has 8 heteroatoms. The van der Waals surface area contributed by atoms with Gasteiger partial charge in [-0.05, 0) is 37.1 Å². The highest BCUT2D eigenvalue weighted by molar-refractivity contribution is 5.80. The molecule has 0 unspecified atom stereocenters. The van der Waals surface area contributed by atoms with Crippen LogP contribution in [0.1, 0.15) is 12.8 Å². The molecule has 3 aromatic rings. The van der Waals surface area contributed by atoms with Crippen LogP contribution in [0.4, 0.5) is 5.82 Å². The summed E-state index contributed by atoms with van der Waals surface area (Å²) in [6, 6.07) is 13.4. The van der Waals surface area contributed by atoms with Crippen LogP contribution in [-0.4, -0.2) is 57.6 Å². The van der Waals surface area contributed by atoms with Crippen molar-refractivity contribution in [1.82, 2.24) is 24.8 Å². The molecule has 0 bridgehead atoms. The van der Waals surface area contributed by atoms with E-state index in [4.69, 9.17) is 0 Å². The normalized spacial score (nSPS) is 15.2. The molecule has 0 spiro atoms. The fraction of sp³-hybridized carbons (Fsp3) is 0.364. The summed E-state index contributed by atoms with van der Waals surface area (Å²) in [6.07, 6.45) is 4.89. The van der Waals surface area contributed by atoms with Crippen molar-refractivity contribution in [1.29, 1.82) is 0 Å². The van der Waals surface area contributed by atoms with Crippen LogP contribution >= 0.6 is 0 Å². The predicted octanol–water partition coefficient (Wildman–Crippen LogP) is 1.48. The Labute approximate surface area is 175 Å². The lowest BCUT2D eigenvalue weighted by Crippen LogP contribution is -2.46. The fourth-order valence-electron chi connectivity index (χ4n) is 3.80. The molecule has 8 nitrogen and oxygen atoms in total. The molecule has 1 amide bonds. The van der Waals surface area contributed by atoms with Crippen LogP contribution in [0.5, 0.6) is 0 Å². The van der Waals surface area contributed by atoms with Crippen LogP contribution in [0.15, 0.2) is 59.7 Å². The van der Waals surface area contributed by atoms with Gasteiger partial charge in [0.1, 0.15) is 5.82 Å². The number of anilines is 1. The van der Waals surface area contributed by atoms with Gasteiger partial charge in [-0.3, -0.25) is 9.59 Å². The summed E-state index contributed by atoms with van der Waals surface area (Å²) in [5, 5.41) is 6.13. The van der Waals surface area contributed by atoms with Crippen molar-refractivity contribution in [2.24, 2.45) is 0 Å². The third-order valence-electron chi connectivity index (χ3n) is 5.44. The van der Waals surface area contributed by atoms with Gasteiger partial charge in [-0.2, -0.15) is 0 Å². The summed E-state index contributed by atoms with van der Waals surface area (Å²) in [4.78, 5) is 35.2. The second kappa shape index (κ2) is 9.49. The highest BCUT2D eigenvalue weighted by Crippen LogP contribution is 2.12. The van der Waals surface area contributed by atoms with Crippen molar-refractivity contribution in [3.05, 3.63) is 65.2 Å². The van der Waals surface area contributed by atoms with Crippen LogP contribution in [0.3, 0.4) is 0 Å². The fourth-order valence-corrected chi connectivity index (χ4v) is 3.80. The second-order valence-electron chi connectivity index (χ2n) is 7.49. The summed E-state index contributed by atoms with van der Waals surface area (Å²) < 4.78 is 1.79. The second-order valence-corrected chi connectivity index (χ2v) is 7.49. The molecule has 3 heterocycles. The SMILES string of the molecule is O=C(CNc1ccccn1)NC1CCN(CCn2c(=O)cnc3ccccc32)CC1. The van der Waals surface area contributed by atoms with Crippen molar-refractivity contribution >= 4 is 22.8 Å². The first-order valence-corrected chi connectivity index (χ1v) is 10.3. The lowest BCUT2D eigenvalue weighted by Gasteiger charge is -2.32. The number of rotatable bonds is 7. The maximum atomic E-state index is 12.3. The first-order valence-electron chi connectivity index (χ1n) is 10.3. The lowest BCUT2D eigenvalue weighted by atomic mass is 10.1. The van der Waals surface area contributed by atoms with Crippen LogP contribution in [0, 0.1) is 0 Å². The summed E-state index contributed by atoms with van der Waals surface area (Å²) in [5.74, 6) is 0.676. The van der Waals surface area contributed by atoms with Gasteiger partial charge in [-0.1, -0.05) is 18.2 Å². The third-order valence-corrected chi connectivity index (χ3v) is 5.44. The van der Waals surface area contributed by atoms with Gasteiger partial charge in [0, 0.05) is 38.4 Å². The number of likely N-dealkylation sites (tertiary alicyclic amines) is 1. The number of para-hydroxylation sites is 2. The van der Waals surface area contributed by atoms with E-state index >= 15 is 0 Å². The Kier molecular flexibility index (Phi) is 6.34. The number of nitrogens with zero attached hydrogens (tertiary/aromatic N) is 4. The Morgan fingerprint density at radius 2 is 1.83 bits per heavy atom. The number of fused-ring (bicyclic) bond motifs is 1. The Bertz CT molecular complexity index is 1040. The quantitative estimate of drug-likeness (QED) is 0.618. The van der Waals surface area contributed by atoms with E-state index in [9.17, 15) is 9.59 Å². The molecule has 0 saturated carbocycles. The van der Waals surface area contributed by atoms with Crippen molar-refractivity contribution in [3.8, 4) is 0 Å². The standard InChI is InChI=1S/C22H26N6O2/c29-21(15-25-20-7-3-4-10-23-20)26-17-8-11-27(12-9-17)13-14-28-19-6-2-1-5-18(19)24-16-22(28)30/h1-7,10,16-17H,8-9,11-15H2,(H,23,25)(H,26,29). The molecule has 2 aromatic heterocycles. The molecular weight excluding hydrogens is 380 g/mol.